The SMILES string of the molecule is C=C(N)c1cc(C)c(O)cc1/C=C\C. The zero-order valence-electron chi connectivity index (χ0n) is 8.54. The smallest absolute Gasteiger partial charge is 0.119 e. The van der Waals surface area contributed by atoms with Crippen molar-refractivity contribution < 1.29 is 5.11 Å². The average Bonchev–Trinajstić information content (AvgIpc) is 2.11. The van der Waals surface area contributed by atoms with E-state index in [1.54, 1.807) is 6.07 Å². The first-order valence-corrected chi connectivity index (χ1v) is 4.47. The molecule has 0 aliphatic heterocycles. The summed E-state index contributed by atoms with van der Waals surface area (Å²) >= 11 is 0. The van der Waals surface area contributed by atoms with Gasteiger partial charge in [0, 0.05) is 11.3 Å². The highest BCUT2D eigenvalue weighted by molar-refractivity contribution is 5.73. The van der Waals surface area contributed by atoms with Gasteiger partial charge in [-0.25, -0.2) is 0 Å². The van der Waals surface area contributed by atoms with Crippen LogP contribution in [0.15, 0.2) is 24.8 Å². The molecule has 0 heterocycles. The summed E-state index contributed by atoms with van der Waals surface area (Å²) in [5.41, 5.74) is 8.74. The van der Waals surface area contributed by atoms with Crippen molar-refractivity contribution in [2.75, 3.05) is 0 Å². The zero-order valence-corrected chi connectivity index (χ0v) is 8.54. The van der Waals surface area contributed by atoms with Crippen LogP contribution in [0.2, 0.25) is 0 Å². The van der Waals surface area contributed by atoms with Crippen LogP contribution in [0.1, 0.15) is 23.6 Å². The number of benzene rings is 1. The van der Waals surface area contributed by atoms with Gasteiger partial charge in [-0.1, -0.05) is 18.7 Å². The van der Waals surface area contributed by atoms with E-state index in [0.29, 0.717) is 5.70 Å². The van der Waals surface area contributed by atoms with Crippen LogP contribution in [0.5, 0.6) is 5.75 Å². The van der Waals surface area contributed by atoms with Crippen LogP contribution in [-0.2, 0) is 0 Å². The fraction of sp³-hybridized carbons (Fsp3) is 0.167. The molecule has 1 aromatic carbocycles. The van der Waals surface area contributed by atoms with E-state index in [1.165, 1.54) is 0 Å². The molecule has 0 radical (unpaired) electrons. The Bertz CT molecular complexity index is 392. The Kier molecular flexibility index (Phi) is 2.97. The van der Waals surface area contributed by atoms with Crippen molar-refractivity contribution in [3.8, 4) is 5.75 Å². The van der Waals surface area contributed by atoms with E-state index in [9.17, 15) is 5.11 Å². The van der Waals surface area contributed by atoms with Gasteiger partial charge in [0.2, 0.25) is 0 Å². The molecule has 0 unspecified atom stereocenters. The van der Waals surface area contributed by atoms with Gasteiger partial charge in [0.05, 0.1) is 0 Å². The minimum Gasteiger partial charge on any atom is -0.508 e. The van der Waals surface area contributed by atoms with E-state index in [4.69, 9.17) is 5.73 Å². The summed E-state index contributed by atoms with van der Waals surface area (Å²) in [6.07, 6.45) is 3.79. The molecule has 0 spiro atoms. The lowest BCUT2D eigenvalue weighted by molar-refractivity contribution is 0.471. The normalized spacial score (nSPS) is 10.7. The van der Waals surface area contributed by atoms with Gasteiger partial charge >= 0.3 is 0 Å². The Hall–Kier alpha value is -1.70. The summed E-state index contributed by atoms with van der Waals surface area (Å²) in [6, 6.07) is 3.54. The molecule has 0 aliphatic rings. The standard InChI is InChI=1S/C12H15NO/c1-4-5-10-7-12(14)8(2)6-11(10)9(3)13/h4-7,14H,3,13H2,1-2H3/b5-4-. The quantitative estimate of drug-likeness (QED) is 0.751. The second-order valence-corrected chi connectivity index (χ2v) is 3.25. The number of hydrogen-bond donors (Lipinski definition) is 2. The monoisotopic (exact) mass is 189 g/mol. The predicted octanol–water partition coefficient (Wildman–Crippen LogP) is 2.66. The van der Waals surface area contributed by atoms with Crippen molar-refractivity contribution in [3.63, 3.8) is 0 Å². The fourth-order valence-corrected chi connectivity index (χ4v) is 1.31. The molecule has 0 atom stereocenters. The largest absolute Gasteiger partial charge is 0.508 e. The minimum atomic E-state index is 0.281. The molecule has 0 aromatic heterocycles. The molecule has 1 aromatic rings. The van der Waals surface area contributed by atoms with Gasteiger partial charge in [0.25, 0.3) is 0 Å². The lowest BCUT2D eigenvalue weighted by Gasteiger charge is -2.08. The van der Waals surface area contributed by atoms with E-state index in [0.717, 1.165) is 16.7 Å². The van der Waals surface area contributed by atoms with Gasteiger partial charge in [0.15, 0.2) is 0 Å². The molecule has 74 valence electrons. The Morgan fingerprint density at radius 1 is 1.50 bits per heavy atom. The third-order valence-corrected chi connectivity index (χ3v) is 2.06. The molecule has 0 bridgehead atoms. The Labute approximate surface area is 84.4 Å². The molecule has 0 saturated heterocycles. The Morgan fingerprint density at radius 2 is 2.14 bits per heavy atom. The van der Waals surface area contributed by atoms with Gasteiger partial charge in [-0.3, -0.25) is 0 Å². The molecule has 14 heavy (non-hydrogen) atoms. The number of phenolic OH excluding ortho intramolecular Hbond substituents is 1. The van der Waals surface area contributed by atoms with Gasteiger partial charge in [-0.15, -0.1) is 0 Å². The number of rotatable bonds is 2. The highest BCUT2D eigenvalue weighted by Crippen LogP contribution is 2.25. The molecular formula is C12H15NO. The van der Waals surface area contributed by atoms with Crippen LogP contribution in [-0.4, -0.2) is 5.11 Å². The molecule has 2 nitrogen and oxygen atoms in total. The van der Waals surface area contributed by atoms with Crippen LogP contribution < -0.4 is 5.73 Å². The first-order chi connectivity index (χ1) is 6.56. The molecule has 3 N–H and O–H groups in total. The van der Waals surface area contributed by atoms with Gasteiger partial charge in [-0.05, 0) is 37.1 Å². The van der Waals surface area contributed by atoms with Gasteiger partial charge in [-0.2, -0.15) is 0 Å². The summed E-state index contributed by atoms with van der Waals surface area (Å²) in [5, 5.41) is 9.53. The lowest BCUT2D eigenvalue weighted by atomic mass is 10.0. The highest BCUT2D eigenvalue weighted by atomic mass is 16.3. The van der Waals surface area contributed by atoms with Crippen molar-refractivity contribution in [2.45, 2.75) is 13.8 Å². The van der Waals surface area contributed by atoms with Crippen LogP contribution in [0.4, 0.5) is 0 Å². The van der Waals surface area contributed by atoms with E-state index >= 15 is 0 Å². The minimum absolute atomic E-state index is 0.281. The highest BCUT2D eigenvalue weighted by Gasteiger charge is 2.05. The van der Waals surface area contributed by atoms with Gasteiger partial charge in [0.1, 0.15) is 5.75 Å². The number of allylic oxidation sites excluding steroid dienone is 1. The molecular weight excluding hydrogens is 174 g/mol. The summed E-state index contributed by atoms with van der Waals surface area (Å²) in [6.45, 7) is 7.45. The third kappa shape index (κ3) is 1.96. The van der Waals surface area contributed by atoms with Crippen LogP contribution >= 0.6 is 0 Å². The second kappa shape index (κ2) is 4.01. The van der Waals surface area contributed by atoms with Crippen LogP contribution in [0, 0.1) is 6.92 Å². The number of aryl methyl sites for hydroxylation is 1. The van der Waals surface area contributed by atoms with Crippen molar-refractivity contribution >= 4 is 11.8 Å². The van der Waals surface area contributed by atoms with E-state index < -0.39 is 0 Å². The predicted molar refractivity (Wildman–Crippen MR) is 60.8 cm³/mol. The summed E-state index contributed by atoms with van der Waals surface area (Å²) in [5.74, 6) is 0.281. The Balaban J connectivity index is 3.38. The van der Waals surface area contributed by atoms with Crippen molar-refractivity contribution in [1.82, 2.24) is 0 Å². The number of aromatic hydroxyl groups is 1. The van der Waals surface area contributed by atoms with E-state index in [1.807, 2.05) is 32.1 Å². The summed E-state index contributed by atoms with van der Waals surface area (Å²) in [7, 11) is 0. The average molecular weight is 189 g/mol. The molecule has 0 fully saturated rings. The van der Waals surface area contributed by atoms with E-state index in [-0.39, 0.29) is 5.75 Å². The Morgan fingerprint density at radius 3 is 2.64 bits per heavy atom. The lowest BCUT2D eigenvalue weighted by Crippen LogP contribution is -1.97. The van der Waals surface area contributed by atoms with Gasteiger partial charge < -0.3 is 10.8 Å². The fourth-order valence-electron chi connectivity index (χ4n) is 1.31. The number of hydrogen-bond acceptors (Lipinski definition) is 2. The van der Waals surface area contributed by atoms with E-state index in [2.05, 4.69) is 6.58 Å². The molecule has 1 rings (SSSR count). The first-order valence-electron chi connectivity index (χ1n) is 4.47. The molecule has 0 saturated carbocycles. The van der Waals surface area contributed by atoms with Crippen LogP contribution in [0.3, 0.4) is 0 Å². The first kappa shape index (κ1) is 10.4. The summed E-state index contributed by atoms with van der Waals surface area (Å²) < 4.78 is 0. The molecule has 0 aliphatic carbocycles. The number of phenols is 1. The third-order valence-electron chi connectivity index (χ3n) is 2.06. The maximum absolute atomic E-state index is 9.53. The van der Waals surface area contributed by atoms with Crippen molar-refractivity contribution in [1.29, 1.82) is 0 Å². The maximum atomic E-state index is 9.53. The van der Waals surface area contributed by atoms with Crippen LogP contribution in [0.25, 0.3) is 11.8 Å². The topological polar surface area (TPSA) is 46.2 Å². The van der Waals surface area contributed by atoms with Crippen molar-refractivity contribution in [3.05, 3.63) is 41.5 Å². The second-order valence-electron chi connectivity index (χ2n) is 3.25. The zero-order chi connectivity index (χ0) is 10.7. The summed E-state index contributed by atoms with van der Waals surface area (Å²) in [4.78, 5) is 0. The molecule has 0 amide bonds. The molecule has 2 heteroatoms. The maximum Gasteiger partial charge on any atom is 0.119 e. The van der Waals surface area contributed by atoms with Crippen molar-refractivity contribution in [2.24, 2.45) is 5.73 Å². The number of nitrogens with two attached hydrogens (primary N) is 1.